The van der Waals surface area contributed by atoms with Gasteiger partial charge in [-0.1, -0.05) is 13.8 Å². The highest BCUT2D eigenvalue weighted by atomic mass is 16.4. The Morgan fingerprint density at radius 3 is 2.09 bits per heavy atom. The van der Waals surface area contributed by atoms with Crippen molar-refractivity contribution >= 4 is 23.8 Å². The fourth-order valence-corrected chi connectivity index (χ4v) is 1.72. The molecule has 0 saturated heterocycles. The zero-order valence-corrected chi connectivity index (χ0v) is 12.7. The van der Waals surface area contributed by atoms with Crippen LogP contribution in [0.4, 0.5) is 0 Å². The summed E-state index contributed by atoms with van der Waals surface area (Å²) < 4.78 is 0. The lowest BCUT2D eigenvalue weighted by Crippen LogP contribution is -2.52. The van der Waals surface area contributed by atoms with Crippen molar-refractivity contribution in [2.24, 2.45) is 11.7 Å². The zero-order valence-electron chi connectivity index (χ0n) is 12.7. The van der Waals surface area contributed by atoms with Crippen molar-refractivity contribution in [3.8, 4) is 0 Å². The minimum atomic E-state index is -1.24. The van der Waals surface area contributed by atoms with Crippen LogP contribution in [0.5, 0.6) is 0 Å². The third-order valence-corrected chi connectivity index (χ3v) is 2.76. The standard InChI is InChI=1S/C13H23N3O6/c1-7(2)5-8(14)12(21)16-9(3-4-10(17)18)13(22)15-6-11(19)20/h7-9H,3-6,14H2,1-2H3,(H,15,22)(H,16,21)(H,17,18)(H,19,20)/t8-,9-/m0/s1. The average molecular weight is 317 g/mol. The van der Waals surface area contributed by atoms with Gasteiger partial charge in [0.05, 0.1) is 6.04 Å². The number of hydrogen-bond acceptors (Lipinski definition) is 5. The Morgan fingerprint density at radius 2 is 1.64 bits per heavy atom. The first-order valence-corrected chi connectivity index (χ1v) is 6.90. The Kier molecular flexibility index (Phi) is 8.76. The molecule has 126 valence electrons. The van der Waals surface area contributed by atoms with E-state index >= 15 is 0 Å². The molecule has 9 nitrogen and oxygen atoms in total. The molecule has 0 aromatic rings. The van der Waals surface area contributed by atoms with Gasteiger partial charge >= 0.3 is 11.9 Å². The number of amides is 2. The third kappa shape index (κ3) is 8.90. The van der Waals surface area contributed by atoms with E-state index in [-0.39, 0.29) is 18.8 Å². The molecule has 0 aromatic heterocycles. The van der Waals surface area contributed by atoms with Crippen LogP contribution in [0, 0.1) is 5.92 Å². The SMILES string of the molecule is CC(C)C[C@H](N)C(=O)N[C@@H](CCC(=O)O)C(=O)NCC(=O)O. The van der Waals surface area contributed by atoms with Crippen LogP contribution < -0.4 is 16.4 Å². The normalized spacial score (nSPS) is 13.3. The number of carboxylic acid groups (broad SMARTS) is 2. The molecule has 0 unspecified atom stereocenters. The van der Waals surface area contributed by atoms with Crippen molar-refractivity contribution in [1.29, 1.82) is 0 Å². The average Bonchev–Trinajstić information content (AvgIpc) is 2.39. The minimum absolute atomic E-state index is 0.152. The van der Waals surface area contributed by atoms with Crippen LogP contribution in [0.15, 0.2) is 0 Å². The van der Waals surface area contributed by atoms with Gasteiger partial charge in [0.1, 0.15) is 12.6 Å². The van der Waals surface area contributed by atoms with Crippen LogP contribution in [0.2, 0.25) is 0 Å². The smallest absolute Gasteiger partial charge is 0.322 e. The van der Waals surface area contributed by atoms with Gasteiger partial charge in [-0.15, -0.1) is 0 Å². The number of carbonyl (C=O) groups is 4. The monoisotopic (exact) mass is 317 g/mol. The second-order valence-corrected chi connectivity index (χ2v) is 5.34. The van der Waals surface area contributed by atoms with E-state index in [1.165, 1.54) is 0 Å². The van der Waals surface area contributed by atoms with Crippen LogP contribution in [-0.4, -0.2) is 52.6 Å². The maximum Gasteiger partial charge on any atom is 0.322 e. The maximum absolute atomic E-state index is 11.9. The Bertz CT molecular complexity index is 424. The Balaban J connectivity index is 4.69. The lowest BCUT2D eigenvalue weighted by molar-refractivity contribution is -0.140. The molecule has 0 rings (SSSR count). The van der Waals surface area contributed by atoms with E-state index < -0.39 is 42.4 Å². The molecule has 6 N–H and O–H groups in total. The van der Waals surface area contributed by atoms with Gasteiger partial charge in [0, 0.05) is 6.42 Å². The van der Waals surface area contributed by atoms with Crippen LogP contribution in [0.1, 0.15) is 33.1 Å². The first-order valence-electron chi connectivity index (χ1n) is 6.90. The summed E-state index contributed by atoms with van der Waals surface area (Å²) in [7, 11) is 0. The second-order valence-electron chi connectivity index (χ2n) is 5.34. The molecule has 0 heterocycles. The summed E-state index contributed by atoms with van der Waals surface area (Å²) in [6, 6.07) is -1.96. The Labute approximate surface area is 128 Å². The quantitative estimate of drug-likeness (QED) is 0.342. The van der Waals surface area contributed by atoms with E-state index in [1.54, 1.807) is 0 Å². The fourth-order valence-electron chi connectivity index (χ4n) is 1.72. The molecule has 0 spiro atoms. The number of aliphatic carboxylic acids is 2. The van der Waals surface area contributed by atoms with E-state index in [1.807, 2.05) is 13.8 Å². The van der Waals surface area contributed by atoms with Crippen molar-refractivity contribution in [3.05, 3.63) is 0 Å². The van der Waals surface area contributed by atoms with Crippen LogP contribution in [0.25, 0.3) is 0 Å². The number of nitrogens with two attached hydrogens (primary N) is 1. The number of carboxylic acids is 2. The van der Waals surface area contributed by atoms with Crippen LogP contribution in [0.3, 0.4) is 0 Å². The van der Waals surface area contributed by atoms with Gasteiger partial charge in [0.2, 0.25) is 11.8 Å². The second kappa shape index (κ2) is 9.72. The van der Waals surface area contributed by atoms with Gasteiger partial charge in [-0.3, -0.25) is 19.2 Å². The van der Waals surface area contributed by atoms with Gasteiger partial charge in [-0.25, -0.2) is 0 Å². The van der Waals surface area contributed by atoms with Crippen molar-refractivity contribution in [1.82, 2.24) is 10.6 Å². The Hall–Kier alpha value is -2.16. The molecule has 0 aliphatic rings. The molecule has 22 heavy (non-hydrogen) atoms. The molecule has 0 bridgehead atoms. The van der Waals surface area contributed by atoms with Gasteiger partial charge < -0.3 is 26.6 Å². The Morgan fingerprint density at radius 1 is 1.05 bits per heavy atom. The van der Waals surface area contributed by atoms with E-state index in [2.05, 4.69) is 10.6 Å². The molecule has 2 amide bonds. The predicted molar refractivity (Wildman–Crippen MR) is 76.9 cm³/mol. The first-order chi connectivity index (χ1) is 10.1. The molecule has 0 saturated carbocycles. The summed E-state index contributed by atoms with van der Waals surface area (Å²) >= 11 is 0. The van der Waals surface area contributed by atoms with Crippen LogP contribution >= 0.6 is 0 Å². The van der Waals surface area contributed by atoms with Crippen molar-refractivity contribution in [2.45, 2.75) is 45.2 Å². The maximum atomic E-state index is 11.9. The molecule has 0 aliphatic carbocycles. The molecule has 9 heteroatoms. The third-order valence-electron chi connectivity index (χ3n) is 2.76. The molecular weight excluding hydrogens is 294 g/mol. The van der Waals surface area contributed by atoms with Crippen LogP contribution in [-0.2, 0) is 19.2 Å². The van der Waals surface area contributed by atoms with Gasteiger partial charge in [-0.05, 0) is 18.8 Å². The number of hydrogen-bond donors (Lipinski definition) is 5. The largest absolute Gasteiger partial charge is 0.481 e. The number of rotatable bonds is 10. The van der Waals surface area contributed by atoms with E-state index in [0.29, 0.717) is 6.42 Å². The van der Waals surface area contributed by atoms with E-state index in [4.69, 9.17) is 15.9 Å². The first kappa shape index (κ1) is 19.8. The fraction of sp³-hybridized carbons (Fsp3) is 0.692. The minimum Gasteiger partial charge on any atom is -0.481 e. The van der Waals surface area contributed by atoms with Crippen molar-refractivity contribution < 1.29 is 29.4 Å². The lowest BCUT2D eigenvalue weighted by atomic mass is 10.0. The summed E-state index contributed by atoms with van der Waals surface area (Å²) in [5.74, 6) is -3.52. The summed E-state index contributed by atoms with van der Waals surface area (Å²) in [5, 5.41) is 21.6. The molecule has 0 aliphatic heterocycles. The molecule has 2 atom stereocenters. The summed E-state index contributed by atoms with van der Waals surface area (Å²) in [4.78, 5) is 44.7. The molecule has 0 radical (unpaired) electrons. The summed E-state index contributed by atoms with van der Waals surface area (Å²) in [5.41, 5.74) is 5.69. The highest BCUT2D eigenvalue weighted by Gasteiger charge is 2.25. The zero-order chi connectivity index (χ0) is 17.3. The van der Waals surface area contributed by atoms with Gasteiger partial charge in [-0.2, -0.15) is 0 Å². The number of nitrogens with one attached hydrogen (secondary N) is 2. The number of carbonyl (C=O) groups excluding carboxylic acids is 2. The van der Waals surface area contributed by atoms with Gasteiger partial charge in [0.25, 0.3) is 0 Å². The summed E-state index contributed by atoms with van der Waals surface area (Å²) in [6.45, 7) is 3.15. The summed E-state index contributed by atoms with van der Waals surface area (Å²) in [6.07, 6.45) is -0.0833. The van der Waals surface area contributed by atoms with E-state index in [0.717, 1.165) is 0 Å². The van der Waals surface area contributed by atoms with E-state index in [9.17, 15) is 19.2 Å². The highest BCUT2D eigenvalue weighted by molar-refractivity contribution is 5.91. The topological polar surface area (TPSA) is 159 Å². The molecule has 0 aromatic carbocycles. The highest BCUT2D eigenvalue weighted by Crippen LogP contribution is 2.04. The predicted octanol–water partition coefficient (Wildman–Crippen LogP) is -1.09. The lowest BCUT2D eigenvalue weighted by Gasteiger charge is -2.20. The van der Waals surface area contributed by atoms with Crippen molar-refractivity contribution in [2.75, 3.05) is 6.54 Å². The van der Waals surface area contributed by atoms with Gasteiger partial charge in [0.15, 0.2) is 0 Å². The molecule has 0 fully saturated rings. The molecular formula is C13H23N3O6. The van der Waals surface area contributed by atoms with Crippen molar-refractivity contribution in [3.63, 3.8) is 0 Å².